The van der Waals surface area contributed by atoms with E-state index in [4.69, 9.17) is 11.6 Å². The lowest BCUT2D eigenvalue weighted by molar-refractivity contribution is -0.140. The van der Waals surface area contributed by atoms with Crippen LogP contribution < -0.4 is 5.32 Å². The second-order valence-electron chi connectivity index (χ2n) is 7.91. The quantitative estimate of drug-likeness (QED) is 0.502. The molecule has 0 spiro atoms. The third kappa shape index (κ3) is 6.69. The third-order valence-corrected chi connectivity index (χ3v) is 5.58. The molecule has 3 aromatic rings. The number of hydrogen-bond donors (Lipinski definition) is 1. The molecule has 4 nitrogen and oxygen atoms in total. The fourth-order valence-electron chi connectivity index (χ4n) is 3.73. The summed E-state index contributed by atoms with van der Waals surface area (Å²) in [6.45, 7) is 4.78. The van der Waals surface area contributed by atoms with Crippen LogP contribution in [0.15, 0.2) is 78.9 Å². The van der Waals surface area contributed by atoms with E-state index in [2.05, 4.69) is 11.4 Å². The molecule has 0 saturated heterocycles. The number of likely N-dealkylation sites (N-methyl/N-ethyl adjacent to an activating group) is 1. The molecule has 32 heavy (non-hydrogen) atoms. The van der Waals surface area contributed by atoms with Crippen LogP contribution in [-0.2, 0) is 29.0 Å². The number of aryl methyl sites for hydroxylation is 1. The highest BCUT2D eigenvalue weighted by Crippen LogP contribution is 2.18. The van der Waals surface area contributed by atoms with E-state index in [-0.39, 0.29) is 18.2 Å². The summed E-state index contributed by atoms with van der Waals surface area (Å²) in [7, 11) is 0. The van der Waals surface area contributed by atoms with Crippen molar-refractivity contribution in [2.75, 3.05) is 6.54 Å². The van der Waals surface area contributed by atoms with Gasteiger partial charge in [0.05, 0.1) is 6.42 Å². The summed E-state index contributed by atoms with van der Waals surface area (Å²) in [5.74, 6) is -0.241. The third-order valence-electron chi connectivity index (χ3n) is 5.33. The first-order valence-corrected chi connectivity index (χ1v) is 11.2. The SMILES string of the molecule is CCNC(=O)[C@H](Cc1ccccc1)N(Cc1cccc(C)c1)C(=O)Cc1ccc(Cl)cc1. The van der Waals surface area contributed by atoms with E-state index in [0.717, 1.165) is 22.3 Å². The molecular weight excluding hydrogens is 420 g/mol. The Morgan fingerprint density at radius 1 is 0.906 bits per heavy atom. The molecule has 0 aliphatic heterocycles. The van der Waals surface area contributed by atoms with Gasteiger partial charge in [-0.2, -0.15) is 0 Å². The Bertz CT molecular complexity index is 1040. The predicted octanol–water partition coefficient (Wildman–Crippen LogP) is 4.97. The smallest absolute Gasteiger partial charge is 0.243 e. The van der Waals surface area contributed by atoms with Crippen molar-refractivity contribution in [2.24, 2.45) is 0 Å². The Labute approximate surface area is 195 Å². The molecule has 3 rings (SSSR count). The Morgan fingerprint density at radius 2 is 1.59 bits per heavy atom. The zero-order valence-corrected chi connectivity index (χ0v) is 19.3. The number of rotatable bonds is 9. The van der Waals surface area contributed by atoms with Crippen molar-refractivity contribution in [1.29, 1.82) is 0 Å². The van der Waals surface area contributed by atoms with Gasteiger partial charge >= 0.3 is 0 Å². The summed E-state index contributed by atoms with van der Waals surface area (Å²) in [6, 6.07) is 24.5. The van der Waals surface area contributed by atoms with Gasteiger partial charge in [-0.25, -0.2) is 0 Å². The zero-order chi connectivity index (χ0) is 22.9. The number of nitrogens with one attached hydrogen (secondary N) is 1. The van der Waals surface area contributed by atoms with Crippen LogP contribution in [0.5, 0.6) is 0 Å². The molecule has 0 unspecified atom stereocenters. The van der Waals surface area contributed by atoms with Gasteiger partial charge in [-0.15, -0.1) is 0 Å². The normalized spacial score (nSPS) is 11.6. The summed E-state index contributed by atoms with van der Waals surface area (Å²) in [6.07, 6.45) is 0.651. The van der Waals surface area contributed by atoms with Crippen LogP contribution in [0, 0.1) is 6.92 Å². The van der Waals surface area contributed by atoms with Gasteiger partial charge in [0.15, 0.2) is 0 Å². The molecule has 0 fully saturated rings. The zero-order valence-electron chi connectivity index (χ0n) is 18.6. The summed E-state index contributed by atoms with van der Waals surface area (Å²) >= 11 is 6.00. The number of carbonyl (C=O) groups excluding carboxylic acids is 2. The Morgan fingerprint density at radius 3 is 2.25 bits per heavy atom. The van der Waals surface area contributed by atoms with E-state index in [1.165, 1.54) is 0 Å². The Hall–Kier alpha value is -3.11. The van der Waals surface area contributed by atoms with E-state index in [0.29, 0.717) is 24.5 Å². The van der Waals surface area contributed by atoms with Gasteiger partial charge in [-0.3, -0.25) is 9.59 Å². The van der Waals surface area contributed by atoms with Crippen LogP contribution in [0.2, 0.25) is 5.02 Å². The number of hydrogen-bond acceptors (Lipinski definition) is 2. The van der Waals surface area contributed by atoms with E-state index in [1.54, 1.807) is 17.0 Å². The van der Waals surface area contributed by atoms with Gasteiger partial charge in [0.2, 0.25) is 11.8 Å². The first-order valence-electron chi connectivity index (χ1n) is 10.9. The van der Waals surface area contributed by atoms with Crippen molar-refractivity contribution in [3.8, 4) is 0 Å². The highest BCUT2D eigenvalue weighted by atomic mass is 35.5. The van der Waals surface area contributed by atoms with Gasteiger partial charge in [0.1, 0.15) is 6.04 Å². The lowest BCUT2D eigenvalue weighted by Crippen LogP contribution is -2.50. The standard InChI is InChI=1S/C27H29ClN2O2/c1-3-29-27(32)25(17-21-9-5-4-6-10-21)30(19-23-11-7-8-20(2)16-23)26(31)18-22-12-14-24(28)15-13-22/h4-16,25H,3,17-19H2,1-2H3,(H,29,32)/t25-/m0/s1. The highest BCUT2D eigenvalue weighted by molar-refractivity contribution is 6.30. The van der Waals surface area contributed by atoms with Gasteiger partial charge in [-0.05, 0) is 42.7 Å². The molecule has 5 heteroatoms. The van der Waals surface area contributed by atoms with Gasteiger partial charge in [-0.1, -0.05) is 83.9 Å². The highest BCUT2D eigenvalue weighted by Gasteiger charge is 2.30. The number of amides is 2. The van der Waals surface area contributed by atoms with Gasteiger partial charge in [0.25, 0.3) is 0 Å². The van der Waals surface area contributed by atoms with Crippen LogP contribution in [0.4, 0.5) is 0 Å². The molecule has 0 radical (unpaired) electrons. The van der Waals surface area contributed by atoms with E-state index >= 15 is 0 Å². The molecule has 0 heterocycles. The van der Waals surface area contributed by atoms with Crippen LogP contribution >= 0.6 is 11.6 Å². The summed E-state index contributed by atoms with van der Waals surface area (Å²) in [4.78, 5) is 28.4. The minimum Gasteiger partial charge on any atom is -0.355 e. The Kier molecular flexibility index (Phi) is 8.46. The van der Waals surface area contributed by atoms with E-state index in [1.807, 2.05) is 74.5 Å². The predicted molar refractivity (Wildman–Crippen MR) is 130 cm³/mol. The Balaban J connectivity index is 1.94. The van der Waals surface area contributed by atoms with Crippen LogP contribution in [0.1, 0.15) is 29.2 Å². The van der Waals surface area contributed by atoms with Crippen molar-refractivity contribution in [3.05, 3.63) is 106 Å². The van der Waals surface area contributed by atoms with E-state index < -0.39 is 6.04 Å². The maximum Gasteiger partial charge on any atom is 0.243 e. The minimum atomic E-state index is -0.613. The maximum absolute atomic E-state index is 13.5. The summed E-state index contributed by atoms with van der Waals surface area (Å²) in [5, 5.41) is 3.55. The lowest BCUT2D eigenvalue weighted by Gasteiger charge is -2.31. The molecule has 0 aromatic heterocycles. The first kappa shape index (κ1) is 23.6. The number of halogens is 1. The van der Waals surface area contributed by atoms with Crippen molar-refractivity contribution in [2.45, 2.75) is 39.3 Å². The number of carbonyl (C=O) groups is 2. The molecular formula is C27H29ClN2O2. The van der Waals surface area contributed by atoms with Crippen LogP contribution in [-0.4, -0.2) is 29.3 Å². The molecule has 3 aromatic carbocycles. The largest absolute Gasteiger partial charge is 0.355 e. The molecule has 0 aliphatic carbocycles. The monoisotopic (exact) mass is 448 g/mol. The molecule has 1 atom stereocenters. The van der Waals surface area contributed by atoms with Gasteiger partial charge < -0.3 is 10.2 Å². The van der Waals surface area contributed by atoms with Crippen molar-refractivity contribution >= 4 is 23.4 Å². The average Bonchev–Trinajstić information content (AvgIpc) is 2.78. The lowest BCUT2D eigenvalue weighted by atomic mass is 10.0. The number of benzene rings is 3. The second kappa shape index (κ2) is 11.5. The molecule has 0 aliphatic rings. The summed E-state index contributed by atoms with van der Waals surface area (Å²) < 4.78 is 0. The van der Waals surface area contributed by atoms with E-state index in [9.17, 15) is 9.59 Å². The van der Waals surface area contributed by atoms with Crippen LogP contribution in [0.3, 0.4) is 0 Å². The molecule has 2 amide bonds. The number of nitrogens with zero attached hydrogens (tertiary/aromatic N) is 1. The van der Waals surface area contributed by atoms with Crippen molar-refractivity contribution < 1.29 is 9.59 Å². The molecule has 0 bridgehead atoms. The average molecular weight is 449 g/mol. The topological polar surface area (TPSA) is 49.4 Å². The maximum atomic E-state index is 13.5. The first-order chi connectivity index (χ1) is 15.5. The minimum absolute atomic E-state index is 0.0963. The van der Waals surface area contributed by atoms with Gasteiger partial charge in [0, 0.05) is 24.5 Å². The fraction of sp³-hybridized carbons (Fsp3) is 0.259. The second-order valence-corrected chi connectivity index (χ2v) is 8.35. The van der Waals surface area contributed by atoms with Crippen molar-refractivity contribution in [1.82, 2.24) is 10.2 Å². The fourth-order valence-corrected chi connectivity index (χ4v) is 3.86. The molecule has 0 saturated carbocycles. The van der Waals surface area contributed by atoms with Crippen LogP contribution in [0.25, 0.3) is 0 Å². The molecule has 1 N–H and O–H groups in total. The molecule has 166 valence electrons. The van der Waals surface area contributed by atoms with Crippen molar-refractivity contribution in [3.63, 3.8) is 0 Å². The summed E-state index contributed by atoms with van der Waals surface area (Å²) in [5.41, 5.74) is 3.99.